The predicted octanol–water partition coefficient (Wildman–Crippen LogP) is -7.71. The van der Waals surface area contributed by atoms with Gasteiger partial charge in [0.25, 0.3) is 0 Å². The molecule has 0 spiro atoms. The van der Waals surface area contributed by atoms with Crippen molar-refractivity contribution >= 4 is 11.9 Å². The smallest absolute Gasteiger partial charge is 1.00 e. The summed E-state index contributed by atoms with van der Waals surface area (Å²) in [4.78, 5) is 21.0. The van der Waals surface area contributed by atoms with Gasteiger partial charge < -0.3 is 22.5 Å². The van der Waals surface area contributed by atoms with Gasteiger partial charge in [0.2, 0.25) is 0 Å². The molecule has 0 aromatic heterocycles. The van der Waals surface area contributed by atoms with Gasteiger partial charge in [-0.2, -0.15) is 0 Å². The summed E-state index contributed by atoms with van der Waals surface area (Å²) in [7, 11) is 0. The molecule has 0 aliphatic carbocycles. The van der Waals surface area contributed by atoms with Crippen LogP contribution in [0.25, 0.3) is 0 Å². The molecule has 0 aromatic rings. The van der Waals surface area contributed by atoms with Crippen LogP contribution in [0, 0.1) is 0 Å². The largest absolute Gasteiger partial charge is 1.00 e. The van der Waals surface area contributed by atoms with Crippen LogP contribution >= 0.6 is 0 Å². The molecule has 2 N–H and O–H groups in total. The van der Waals surface area contributed by atoms with E-state index in [2.05, 4.69) is 9.47 Å². The molecule has 0 amide bonds. The van der Waals surface area contributed by atoms with Crippen LogP contribution in [0.4, 0.5) is 0 Å². The summed E-state index contributed by atoms with van der Waals surface area (Å²) in [5.41, 5.74) is 0. The second-order valence-corrected chi connectivity index (χ2v) is 1.72. The number of aliphatic hydroxyl groups is 2. The fraction of sp³-hybridized carbons (Fsp3) is 0.667. The number of hydrogen-bond donors (Lipinski definition) is 2. The number of carbonyl (C=O) groups is 2. The van der Waals surface area contributed by atoms with Crippen molar-refractivity contribution in [2.45, 2.75) is 0 Å². The van der Waals surface area contributed by atoms with Crippen LogP contribution in [-0.4, -0.2) is 48.6 Å². The third-order valence-corrected chi connectivity index (χ3v) is 0.816. The van der Waals surface area contributed by atoms with Crippen molar-refractivity contribution in [1.29, 1.82) is 0 Å². The van der Waals surface area contributed by atoms with E-state index < -0.39 is 11.9 Å². The van der Waals surface area contributed by atoms with E-state index in [-0.39, 0.29) is 88.4 Å². The monoisotopic (exact) mass is 226 g/mol. The Morgan fingerprint density at radius 2 is 1.21 bits per heavy atom. The van der Waals surface area contributed by atoms with Crippen LogP contribution in [0.5, 0.6) is 0 Å². The van der Waals surface area contributed by atoms with Gasteiger partial charge in [-0.15, -0.1) is 0 Å². The van der Waals surface area contributed by atoms with Crippen molar-refractivity contribution in [3.63, 3.8) is 0 Å². The van der Waals surface area contributed by atoms with Gasteiger partial charge in [-0.25, -0.2) is 9.59 Å². The molecule has 0 radical (unpaired) electrons. The molecule has 0 heterocycles. The van der Waals surface area contributed by atoms with Crippen LogP contribution in [0.15, 0.2) is 0 Å². The maximum Gasteiger partial charge on any atom is 1.00 e. The molecule has 0 bridgehead atoms. The van der Waals surface area contributed by atoms with Gasteiger partial charge in [0.05, 0.1) is 13.2 Å². The van der Waals surface area contributed by atoms with Crippen LogP contribution < -0.4 is 59.1 Å². The van der Waals surface area contributed by atoms with Gasteiger partial charge in [-0.3, -0.25) is 0 Å². The number of aliphatic hydroxyl groups excluding tert-OH is 2. The van der Waals surface area contributed by atoms with E-state index in [0.717, 1.165) is 0 Å². The third-order valence-electron chi connectivity index (χ3n) is 0.816. The molecular formula is C6H12Na2O6. The molecule has 0 fully saturated rings. The molecule has 14 heavy (non-hydrogen) atoms. The van der Waals surface area contributed by atoms with E-state index in [4.69, 9.17) is 10.2 Å². The predicted molar refractivity (Wildman–Crippen MR) is 38.3 cm³/mol. The number of esters is 2. The van der Waals surface area contributed by atoms with Gasteiger partial charge in [0.15, 0.2) is 0 Å². The van der Waals surface area contributed by atoms with Crippen LogP contribution in [0.1, 0.15) is 2.85 Å². The Kier molecular flexibility index (Phi) is 20.1. The minimum atomic E-state index is -1.17. The van der Waals surface area contributed by atoms with Crippen molar-refractivity contribution in [1.82, 2.24) is 0 Å². The van der Waals surface area contributed by atoms with Crippen molar-refractivity contribution in [2.75, 3.05) is 26.4 Å². The molecule has 74 valence electrons. The summed E-state index contributed by atoms with van der Waals surface area (Å²) in [5, 5.41) is 16.4. The Morgan fingerprint density at radius 1 is 0.929 bits per heavy atom. The molecule has 0 unspecified atom stereocenters. The number of ether oxygens (including phenoxy) is 2. The summed E-state index contributed by atoms with van der Waals surface area (Å²) < 4.78 is 8.41. The van der Waals surface area contributed by atoms with Gasteiger partial charge in [0.1, 0.15) is 13.2 Å². The van der Waals surface area contributed by atoms with Crippen LogP contribution in [-0.2, 0) is 19.1 Å². The molecule has 8 heteroatoms. The topological polar surface area (TPSA) is 93.1 Å². The Balaban J connectivity index is -0.000000101. The van der Waals surface area contributed by atoms with Crippen molar-refractivity contribution in [3.8, 4) is 0 Å². The molecular weight excluding hydrogens is 214 g/mol. The van der Waals surface area contributed by atoms with Gasteiger partial charge in [-0.1, -0.05) is 0 Å². The second kappa shape index (κ2) is 13.9. The Hall–Kier alpha value is 0.860. The normalized spacial score (nSPS) is 7.86. The van der Waals surface area contributed by atoms with Crippen molar-refractivity contribution < 1.29 is 91.2 Å². The number of hydrogen-bond acceptors (Lipinski definition) is 6. The molecule has 0 aromatic carbocycles. The standard InChI is InChI=1S/C6H10O6.2Na.2H/c7-1-3-11-5(9)6(10)12-4-2-8;;;;/h7-8H,1-4H2;;;;/q;2*+1;2*-1. The molecule has 0 rings (SSSR count). The first-order valence-electron chi connectivity index (χ1n) is 3.28. The number of carbonyl (C=O) groups excluding carboxylic acids is 2. The minimum absolute atomic E-state index is 0. The summed E-state index contributed by atoms with van der Waals surface area (Å²) in [5.74, 6) is -2.34. The average molecular weight is 226 g/mol. The molecule has 6 nitrogen and oxygen atoms in total. The first-order chi connectivity index (χ1) is 5.72. The Morgan fingerprint density at radius 3 is 1.43 bits per heavy atom. The van der Waals surface area contributed by atoms with E-state index in [1.54, 1.807) is 0 Å². The van der Waals surface area contributed by atoms with E-state index in [9.17, 15) is 9.59 Å². The Labute approximate surface area is 128 Å². The Bertz CT molecular complexity index is 153. The van der Waals surface area contributed by atoms with Crippen molar-refractivity contribution in [3.05, 3.63) is 0 Å². The van der Waals surface area contributed by atoms with E-state index in [1.807, 2.05) is 0 Å². The molecule has 0 saturated heterocycles. The first-order valence-corrected chi connectivity index (χ1v) is 3.28. The summed E-state index contributed by atoms with van der Waals surface area (Å²) in [6.45, 7) is -1.18. The summed E-state index contributed by atoms with van der Waals surface area (Å²) >= 11 is 0. The van der Waals surface area contributed by atoms with Gasteiger partial charge in [-0.05, 0) is 0 Å². The SMILES string of the molecule is O=C(OCCO)C(=O)OCCO.[H-].[H-].[Na+].[Na+]. The average Bonchev–Trinajstić information content (AvgIpc) is 2.10. The third kappa shape index (κ3) is 10.9. The fourth-order valence-electron chi connectivity index (χ4n) is 0.395. The molecule has 0 saturated carbocycles. The van der Waals surface area contributed by atoms with Crippen LogP contribution in [0.2, 0.25) is 0 Å². The van der Waals surface area contributed by atoms with Crippen LogP contribution in [0.3, 0.4) is 0 Å². The maximum atomic E-state index is 10.5. The van der Waals surface area contributed by atoms with Gasteiger partial charge >= 0.3 is 71.1 Å². The summed E-state index contributed by atoms with van der Waals surface area (Å²) in [6, 6.07) is 0. The molecule has 0 atom stereocenters. The molecule has 0 aliphatic heterocycles. The zero-order chi connectivity index (χ0) is 9.40. The van der Waals surface area contributed by atoms with E-state index in [1.165, 1.54) is 0 Å². The zero-order valence-corrected chi connectivity index (χ0v) is 12.4. The summed E-state index contributed by atoms with van der Waals surface area (Å²) in [6.07, 6.45) is 0. The first kappa shape index (κ1) is 20.3. The van der Waals surface area contributed by atoms with Gasteiger partial charge in [0, 0.05) is 0 Å². The molecule has 0 aliphatic rings. The number of rotatable bonds is 4. The minimum Gasteiger partial charge on any atom is -1.00 e. The van der Waals surface area contributed by atoms with E-state index in [0.29, 0.717) is 0 Å². The van der Waals surface area contributed by atoms with Crippen molar-refractivity contribution in [2.24, 2.45) is 0 Å². The second-order valence-electron chi connectivity index (χ2n) is 1.72. The van der Waals surface area contributed by atoms with E-state index >= 15 is 0 Å². The zero-order valence-electron chi connectivity index (χ0n) is 10.4. The maximum absolute atomic E-state index is 10.5. The fourth-order valence-corrected chi connectivity index (χ4v) is 0.395. The quantitative estimate of drug-likeness (QED) is 0.281.